The Morgan fingerprint density at radius 2 is 2.00 bits per heavy atom. The normalized spacial score (nSPS) is 10.9. The van der Waals surface area contributed by atoms with Crippen LogP contribution in [-0.4, -0.2) is 7.11 Å². The van der Waals surface area contributed by atoms with Crippen molar-refractivity contribution in [3.05, 3.63) is 23.3 Å². The Hall–Kier alpha value is -1.90. The molecular weight excluding hydrogens is 209 g/mol. The topological polar surface area (TPSA) is 59.0 Å². The first-order valence-electron chi connectivity index (χ1n) is 3.85. The van der Waals surface area contributed by atoms with Crippen molar-refractivity contribution in [3.63, 3.8) is 0 Å². The molecule has 0 amide bonds. The average molecular weight is 216 g/mol. The van der Waals surface area contributed by atoms with Crippen molar-refractivity contribution in [1.29, 1.82) is 5.26 Å². The van der Waals surface area contributed by atoms with Crippen LogP contribution < -0.4 is 10.5 Å². The molecule has 0 fully saturated rings. The van der Waals surface area contributed by atoms with Crippen LogP contribution in [0.3, 0.4) is 0 Å². The summed E-state index contributed by atoms with van der Waals surface area (Å²) in [6, 6.07) is 3.40. The van der Waals surface area contributed by atoms with Gasteiger partial charge in [-0.15, -0.1) is 0 Å². The molecule has 0 bridgehead atoms. The van der Waals surface area contributed by atoms with Crippen LogP contribution in [-0.2, 0) is 6.18 Å². The Morgan fingerprint density at radius 3 is 2.40 bits per heavy atom. The van der Waals surface area contributed by atoms with Gasteiger partial charge in [0.15, 0.2) is 5.75 Å². The fourth-order valence-corrected chi connectivity index (χ4v) is 1.15. The molecule has 0 aliphatic rings. The van der Waals surface area contributed by atoms with E-state index in [2.05, 4.69) is 4.74 Å². The quantitative estimate of drug-likeness (QED) is 0.732. The highest BCUT2D eigenvalue weighted by Crippen LogP contribution is 2.39. The monoisotopic (exact) mass is 216 g/mol. The molecule has 80 valence electrons. The molecule has 0 aliphatic carbocycles. The van der Waals surface area contributed by atoms with Crippen molar-refractivity contribution < 1.29 is 17.9 Å². The van der Waals surface area contributed by atoms with Gasteiger partial charge in [-0.3, -0.25) is 0 Å². The molecule has 0 saturated carbocycles. The predicted octanol–water partition coefficient (Wildman–Crippen LogP) is 2.17. The molecule has 0 aromatic heterocycles. The van der Waals surface area contributed by atoms with Crippen molar-refractivity contribution in [3.8, 4) is 11.8 Å². The number of nitriles is 1. The molecule has 15 heavy (non-hydrogen) atoms. The molecule has 0 unspecified atom stereocenters. The van der Waals surface area contributed by atoms with Crippen LogP contribution >= 0.6 is 0 Å². The van der Waals surface area contributed by atoms with E-state index in [1.807, 2.05) is 0 Å². The highest BCUT2D eigenvalue weighted by molar-refractivity contribution is 5.64. The van der Waals surface area contributed by atoms with Gasteiger partial charge in [-0.25, -0.2) is 0 Å². The molecule has 1 aromatic rings. The Labute approximate surface area is 83.9 Å². The van der Waals surface area contributed by atoms with Crippen LogP contribution in [0.2, 0.25) is 0 Å². The number of hydrogen-bond donors (Lipinski definition) is 1. The molecule has 2 N–H and O–H groups in total. The van der Waals surface area contributed by atoms with Crippen molar-refractivity contribution in [1.82, 2.24) is 0 Å². The average Bonchev–Trinajstić information content (AvgIpc) is 2.15. The second kappa shape index (κ2) is 3.69. The molecule has 0 saturated heterocycles. The van der Waals surface area contributed by atoms with Gasteiger partial charge in [0.1, 0.15) is 11.6 Å². The molecule has 0 radical (unpaired) electrons. The SMILES string of the molecule is COc1c(C(F)(F)F)ccc(N)c1C#N. The zero-order valence-corrected chi connectivity index (χ0v) is 7.72. The minimum atomic E-state index is -4.56. The Morgan fingerprint density at radius 1 is 1.40 bits per heavy atom. The second-order valence-corrected chi connectivity index (χ2v) is 2.72. The number of rotatable bonds is 1. The van der Waals surface area contributed by atoms with E-state index in [0.717, 1.165) is 19.2 Å². The van der Waals surface area contributed by atoms with Crippen molar-refractivity contribution in [2.24, 2.45) is 0 Å². The Balaban J connectivity index is 3.51. The minimum Gasteiger partial charge on any atom is -0.495 e. The van der Waals surface area contributed by atoms with Gasteiger partial charge in [0, 0.05) is 0 Å². The number of anilines is 1. The third kappa shape index (κ3) is 1.96. The lowest BCUT2D eigenvalue weighted by Gasteiger charge is -2.13. The maximum absolute atomic E-state index is 12.5. The van der Waals surface area contributed by atoms with Crippen LogP contribution in [0.4, 0.5) is 18.9 Å². The minimum absolute atomic E-state index is 0.0395. The van der Waals surface area contributed by atoms with Crippen LogP contribution in [0, 0.1) is 11.3 Å². The van der Waals surface area contributed by atoms with Gasteiger partial charge in [-0.2, -0.15) is 18.4 Å². The maximum Gasteiger partial charge on any atom is 0.420 e. The van der Waals surface area contributed by atoms with E-state index in [9.17, 15) is 13.2 Å². The number of hydrogen-bond acceptors (Lipinski definition) is 3. The largest absolute Gasteiger partial charge is 0.495 e. The van der Waals surface area contributed by atoms with Gasteiger partial charge in [0.25, 0.3) is 0 Å². The summed E-state index contributed by atoms with van der Waals surface area (Å²) in [7, 11) is 1.06. The smallest absolute Gasteiger partial charge is 0.420 e. The fraction of sp³-hybridized carbons (Fsp3) is 0.222. The van der Waals surface area contributed by atoms with E-state index in [1.165, 1.54) is 0 Å². The number of nitrogen functional groups attached to an aromatic ring is 1. The number of alkyl halides is 3. The van der Waals surface area contributed by atoms with Gasteiger partial charge in [0.05, 0.1) is 18.4 Å². The summed E-state index contributed by atoms with van der Waals surface area (Å²) in [5.74, 6) is -0.537. The summed E-state index contributed by atoms with van der Waals surface area (Å²) in [5, 5.41) is 8.64. The predicted molar refractivity (Wildman–Crippen MR) is 47.1 cm³/mol. The molecule has 0 atom stereocenters. The lowest BCUT2D eigenvalue weighted by Crippen LogP contribution is -2.09. The summed E-state index contributed by atoms with van der Waals surface area (Å²) in [5.41, 5.74) is 4.01. The Bertz CT molecular complexity index is 421. The van der Waals surface area contributed by atoms with Crippen molar-refractivity contribution in [2.75, 3.05) is 12.8 Å². The number of benzene rings is 1. The summed E-state index contributed by atoms with van der Waals surface area (Å²) in [4.78, 5) is 0. The molecule has 0 aliphatic heterocycles. The molecule has 6 heteroatoms. The maximum atomic E-state index is 12.5. The van der Waals surface area contributed by atoms with E-state index in [-0.39, 0.29) is 11.3 Å². The number of halogens is 3. The fourth-order valence-electron chi connectivity index (χ4n) is 1.15. The Kier molecular flexibility index (Phi) is 2.75. The van der Waals surface area contributed by atoms with Gasteiger partial charge in [-0.1, -0.05) is 0 Å². The number of nitrogens with two attached hydrogens (primary N) is 1. The standard InChI is InChI=1S/C9H7F3N2O/c1-15-8-5(4-13)7(14)3-2-6(8)9(10,11)12/h2-3H,14H2,1H3. The third-order valence-electron chi connectivity index (χ3n) is 1.81. The van der Waals surface area contributed by atoms with Crippen molar-refractivity contribution in [2.45, 2.75) is 6.18 Å². The third-order valence-corrected chi connectivity index (χ3v) is 1.81. The van der Waals surface area contributed by atoms with E-state index in [0.29, 0.717) is 0 Å². The zero-order chi connectivity index (χ0) is 11.6. The summed E-state index contributed by atoms with van der Waals surface area (Å²) >= 11 is 0. The van der Waals surface area contributed by atoms with E-state index >= 15 is 0 Å². The molecule has 3 nitrogen and oxygen atoms in total. The molecule has 1 rings (SSSR count). The summed E-state index contributed by atoms with van der Waals surface area (Å²) in [6.45, 7) is 0. The molecule has 1 aromatic carbocycles. The summed E-state index contributed by atoms with van der Waals surface area (Å²) < 4.78 is 41.9. The highest BCUT2D eigenvalue weighted by Gasteiger charge is 2.35. The molecule has 0 heterocycles. The van der Waals surface area contributed by atoms with Crippen molar-refractivity contribution >= 4 is 5.69 Å². The van der Waals surface area contributed by atoms with Crippen LogP contribution in [0.5, 0.6) is 5.75 Å². The van der Waals surface area contributed by atoms with Gasteiger partial charge in [0.2, 0.25) is 0 Å². The lowest BCUT2D eigenvalue weighted by atomic mass is 10.1. The highest BCUT2D eigenvalue weighted by atomic mass is 19.4. The molecule has 0 spiro atoms. The first-order valence-corrected chi connectivity index (χ1v) is 3.85. The number of ether oxygens (including phenoxy) is 1. The van der Waals surface area contributed by atoms with Crippen LogP contribution in [0.15, 0.2) is 12.1 Å². The molecular formula is C9H7F3N2O. The van der Waals surface area contributed by atoms with E-state index < -0.39 is 17.5 Å². The van der Waals surface area contributed by atoms with Gasteiger partial charge < -0.3 is 10.5 Å². The second-order valence-electron chi connectivity index (χ2n) is 2.72. The van der Waals surface area contributed by atoms with E-state index in [1.54, 1.807) is 6.07 Å². The first-order chi connectivity index (χ1) is 6.91. The van der Waals surface area contributed by atoms with Gasteiger partial charge >= 0.3 is 6.18 Å². The van der Waals surface area contributed by atoms with E-state index in [4.69, 9.17) is 11.0 Å². The number of methoxy groups -OCH3 is 1. The van der Waals surface area contributed by atoms with Crippen LogP contribution in [0.25, 0.3) is 0 Å². The number of nitrogens with zero attached hydrogens (tertiary/aromatic N) is 1. The van der Waals surface area contributed by atoms with Crippen LogP contribution in [0.1, 0.15) is 11.1 Å². The zero-order valence-electron chi connectivity index (χ0n) is 7.72. The first kappa shape index (κ1) is 11.2. The van der Waals surface area contributed by atoms with Gasteiger partial charge in [-0.05, 0) is 12.1 Å². The lowest BCUT2D eigenvalue weighted by molar-refractivity contribution is -0.138. The summed E-state index contributed by atoms with van der Waals surface area (Å²) in [6.07, 6.45) is -4.56.